The predicted molar refractivity (Wildman–Crippen MR) is 54.2 cm³/mol. The molecule has 2 rings (SSSR count). The van der Waals surface area contributed by atoms with E-state index in [0.29, 0.717) is 11.4 Å². The Balaban J connectivity index is 1.80. The van der Waals surface area contributed by atoms with Crippen molar-refractivity contribution in [1.82, 2.24) is 0 Å². The van der Waals surface area contributed by atoms with Crippen molar-refractivity contribution in [3.63, 3.8) is 0 Å². The molecule has 0 bridgehead atoms. The highest BCUT2D eigenvalue weighted by Crippen LogP contribution is 2.28. The average Bonchev–Trinajstić information content (AvgIpc) is 2.88. The fourth-order valence-corrected chi connectivity index (χ4v) is 3.90. The first-order chi connectivity index (χ1) is 6.25. The SMILES string of the molecule is CC1CCCC(S(=O)CC2CO2)C1. The number of ether oxygens (including phenoxy) is 1. The van der Waals surface area contributed by atoms with Gasteiger partial charge in [0, 0.05) is 16.0 Å². The zero-order valence-corrected chi connectivity index (χ0v) is 9.02. The van der Waals surface area contributed by atoms with Gasteiger partial charge in [0.25, 0.3) is 0 Å². The Labute approximate surface area is 82.5 Å². The maximum Gasteiger partial charge on any atom is 0.0924 e. The van der Waals surface area contributed by atoms with Crippen LogP contribution in [0.5, 0.6) is 0 Å². The molecular formula is C10H18O2S. The molecule has 2 fully saturated rings. The molecule has 1 aliphatic heterocycles. The third kappa shape index (κ3) is 2.78. The van der Waals surface area contributed by atoms with Gasteiger partial charge in [-0.3, -0.25) is 4.21 Å². The van der Waals surface area contributed by atoms with E-state index < -0.39 is 10.8 Å². The number of epoxide rings is 1. The van der Waals surface area contributed by atoms with Crippen LogP contribution in [0.2, 0.25) is 0 Å². The lowest BCUT2D eigenvalue weighted by molar-refractivity contribution is 0.387. The Bertz CT molecular complexity index is 201. The highest BCUT2D eigenvalue weighted by atomic mass is 32.2. The Morgan fingerprint density at radius 1 is 1.46 bits per heavy atom. The summed E-state index contributed by atoms with van der Waals surface area (Å²) in [6.07, 6.45) is 5.26. The minimum Gasteiger partial charge on any atom is -0.372 e. The molecule has 0 aromatic carbocycles. The van der Waals surface area contributed by atoms with Crippen LogP contribution < -0.4 is 0 Å². The van der Waals surface area contributed by atoms with Crippen LogP contribution in [0.25, 0.3) is 0 Å². The van der Waals surface area contributed by atoms with E-state index in [2.05, 4.69) is 6.92 Å². The van der Waals surface area contributed by atoms with Crippen LogP contribution in [-0.4, -0.2) is 27.9 Å². The summed E-state index contributed by atoms with van der Waals surface area (Å²) >= 11 is 0. The quantitative estimate of drug-likeness (QED) is 0.652. The first-order valence-electron chi connectivity index (χ1n) is 5.24. The Hall–Kier alpha value is 0.110. The smallest absolute Gasteiger partial charge is 0.0924 e. The summed E-state index contributed by atoms with van der Waals surface area (Å²) in [5.74, 6) is 1.57. The van der Waals surface area contributed by atoms with Crippen molar-refractivity contribution in [3.8, 4) is 0 Å². The average molecular weight is 202 g/mol. The molecule has 3 heteroatoms. The molecule has 2 nitrogen and oxygen atoms in total. The number of hydrogen-bond acceptors (Lipinski definition) is 2. The number of hydrogen-bond donors (Lipinski definition) is 0. The van der Waals surface area contributed by atoms with Crippen molar-refractivity contribution in [2.45, 2.75) is 44.0 Å². The lowest BCUT2D eigenvalue weighted by atomic mass is 9.91. The molecule has 1 saturated carbocycles. The molecule has 0 amide bonds. The predicted octanol–water partition coefficient (Wildman–Crippen LogP) is 1.71. The third-order valence-electron chi connectivity index (χ3n) is 3.01. The van der Waals surface area contributed by atoms with Gasteiger partial charge in [0.15, 0.2) is 0 Å². The van der Waals surface area contributed by atoms with Gasteiger partial charge in [-0.1, -0.05) is 19.8 Å². The van der Waals surface area contributed by atoms with Gasteiger partial charge in [-0.2, -0.15) is 0 Å². The van der Waals surface area contributed by atoms with E-state index in [0.717, 1.165) is 18.3 Å². The summed E-state index contributed by atoms with van der Waals surface area (Å²) in [5.41, 5.74) is 0. The van der Waals surface area contributed by atoms with E-state index in [1.165, 1.54) is 25.7 Å². The topological polar surface area (TPSA) is 29.6 Å². The molecule has 76 valence electrons. The minimum absolute atomic E-state index is 0.332. The van der Waals surface area contributed by atoms with Crippen molar-refractivity contribution in [1.29, 1.82) is 0 Å². The van der Waals surface area contributed by atoms with Gasteiger partial charge in [0.05, 0.1) is 18.5 Å². The zero-order chi connectivity index (χ0) is 9.26. The van der Waals surface area contributed by atoms with Crippen LogP contribution in [0.4, 0.5) is 0 Å². The Kier molecular flexibility index (Phi) is 3.04. The molecule has 1 heterocycles. The standard InChI is InChI=1S/C10H18O2S/c1-8-3-2-4-10(5-8)13(11)7-9-6-12-9/h8-10H,2-7H2,1H3. The number of rotatable bonds is 3. The molecule has 1 aliphatic carbocycles. The van der Waals surface area contributed by atoms with Crippen LogP contribution in [0.1, 0.15) is 32.6 Å². The second-order valence-corrected chi connectivity index (χ2v) is 6.16. The minimum atomic E-state index is -0.620. The summed E-state index contributed by atoms with van der Waals surface area (Å²) in [4.78, 5) is 0. The molecule has 4 unspecified atom stereocenters. The molecule has 1 saturated heterocycles. The Morgan fingerprint density at radius 2 is 2.23 bits per heavy atom. The summed E-state index contributed by atoms with van der Waals surface area (Å²) in [6.45, 7) is 3.12. The normalized spacial score (nSPS) is 41.5. The van der Waals surface area contributed by atoms with Gasteiger partial charge in [-0.05, 0) is 18.8 Å². The fraction of sp³-hybridized carbons (Fsp3) is 1.00. The first-order valence-corrected chi connectivity index (χ1v) is 6.62. The van der Waals surface area contributed by atoms with Crippen molar-refractivity contribution in [2.24, 2.45) is 5.92 Å². The molecule has 0 aromatic heterocycles. The van der Waals surface area contributed by atoms with Crippen LogP contribution in [-0.2, 0) is 15.5 Å². The van der Waals surface area contributed by atoms with E-state index in [1.54, 1.807) is 0 Å². The van der Waals surface area contributed by atoms with E-state index in [-0.39, 0.29) is 0 Å². The van der Waals surface area contributed by atoms with Gasteiger partial charge in [0.2, 0.25) is 0 Å². The van der Waals surface area contributed by atoms with E-state index in [4.69, 9.17) is 4.74 Å². The Morgan fingerprint density at radius 3 is 2.85 bits per heavy atom. The molecule has 13 heavy (non-hydrogen) atoms. The fourth-order valence-electron chi connectivity index (χ4n) is 2.10. The monoisotopic (exact) mass is 202 g/mol. The van der Waals surface area contributed by atoms with E-state index in [1.807, 2.05) is 0 Å². The summed E-state index contributed by atoms with van der Waals surface area (Å²) in [7, 11) is -0.620. The van der Waals surface area contributed by atoms with E-state index in [9.17, 15) is 4.21 Å². The zero-order valence-electron chi connectivity index (χ0n) is 8.20. The second kappa shape index (κ2) is 4.09. The highest BCUT2D eigenvalue weighted by Gasteiger charge is 2.30. The van der Waals surface area contributed by atoms with Crippen LogP contribution in [0.3, 0.4) is 0 Å². The van der Waals surface area contributed by atoms with Gasteiger partial charge in [-0.15, -0.1) is 0 Å². The van der Waals surface area contributed by atoms with Crippen LogP contribution in [0.15, 0.2) is 0 Å². The summed E-state index contributed by atoms with van der Waals surface area (Å²) < 4.78 is 16.9. The molecule has 0 spiro atoms. The largest absolute Gasteiger partial charge is 0.372 e. The van der Waals surface area contributed by atoms with Gasteiger partial charge < -0.3 is 4.74 Å². The van der Waals surface area contributed by atoms with Gasteiger partial charge in [0.1, 0.15) is 0 Å². The van der Waals surface area contributed by atoms with Gasteiger partial charge >= 0.3 is 0 Å². The lowest BCUT2D eigenvalue weighted by Gasteiger charge is -2.25. The second-order valence-electron chi connectivity index (χ2n) is 4.40. The van der Waals surface area contributed by atoms with Crippen molar-refractivity contribution in [2.75, 3.05) is 12.4 Å². The maximum absolute atomic E-state index is 11.8. The van der Waals surface area contributed by atoms with Crippen molar-refractivity contribution >= 4 is 10.8 Å². The molecule has 0 radical (unpaired) electrons. The molecule has 2 aliphatic rings. The van der Waals surface area contributed by atoms with Gasteiger partial charge in [-0.25, -0.2) is 0 Å². The summed E-state index contributed by atoms with van der Waals surface area (Å²) in [5, 5.41) is 0.466. The highest BCUT2D eigenvalue weighted by molar-refractivity contribution is 7.85. The molecule has 0 N–H and O–H groups in total. The maximum atomic E-state index is 11.8. The van der Waals surface area contributed by atoms with Crippen LogP contribution in [0, 0.1) is 5.92 Å². The molecule has 0 aromatic rings. The van der Waals surface area contributed by atoms with Crippen LogP contribution >= 0.6 is 0 Å². The van der Waals surface area contributed by atoms with Crippen molar-refractivity contribution in [3.05, 3.63) is 0 Å². The van der Waals surface area contributed by atoms with E-state index >= 15 is 0 Å². The van der Waals surface area contributed by atoms with Crippen molar-refractivity contribution < 1.29 is 8.95 Å². The molecular weight excluding hydrogens is 184 g/mol. The third-order valence-corrected chi connectivity index (χ3v) is 4.88. The summed E-state index contributed by atoms with van der Waals surface area (Å²) in [6, 6.07) is 0. The lowest BCUT2D eigenvalue weighted by Crippen LogP contribution is -2.26. The first kappa shape index (κ1) is 9.66. The molecule has 4 atom stereocenters.